The molecule has 2 aliphatic rings. The highest BCUT2D eigenvalue weighted by atomic mass is 16.7. The second-order valence-electron chi connectivity index (χ2n) is 6.57. The van der Waals surface area contributed by atoms with Crippen LogP contribution in [0, 0.1) is 0 Å². The molecule has 0 aliphatic carbocycles. The van der Waals surface area contributed by atoms with Crippen LogP contribution in [0.5, 0.6) is 28.7 Å². The third kappa shape index (κ3) is 3.01. The van der Waals surface area contributed by atoms with Crippen molar-refractivity contribution in [3.05, 3.63) is 41.5 Å². The number of methoxy groups -OCH3 is 2. The fraction of sp³-hybridized carbons (Fsp3) is 0.400. The fourth-order valence-electron chi connectivity index (χ4n) is 3.79. The van der Waals surface area contributed by atoms with Gasteiger partial charge in [0.1, 0.15) is 17.2 Å². The quantitative estimate of drug-likeness (QED) is 0.884. The Balaban J connectivity index is 1.62. The molecule has 0 aromatic heterocycles. The SMILES string of the molecule is COc1ccc(OC)c([C@H]2CCCN2Cc2cc3c(cc2O)OCO3)c1. The fourth-order valence-corrected chi connectivity index (χ4v) is 3.79. The van der Waals surface area contributed by atoms with Gasteiger partial charge in [-0.1, -0.05) is 0 Å². The molecule has 2 aromatic rings. The molecular weight excluding hydrogens is 334 g/mol. The van der Waals surface area contributed by atoms with Gasteiger partial charge in [0, 0.05) is 29.8 Å². The molecule has 1 fully saturated rings. The van der Waals surface area contributed by atoms with Crippen LogP contribution in [0.15, 0.2) is 30.3 Å². The van der Waals surface area contributed by atoms with E-state index in [1.165, 1.54) is 0 Å². The van der Waals surface area contributed by atoms with Gasteiger partial charge in [-0.25, -0.2) is 0 Å². The van der Waals surface area contributed by atoms with E-state index in [0.29, 0.717) is 18.0 Å². The second kappa shape index (κ2) is 6.96. The first kappa shape index (κ1) is 16.8. The molecule has 0 saturated carbocycles. The Labute approximate surface area is 152 Å². The summed E-state index contributed by atoms with van der Waals surface area (Å²) in [5, 5.41) is 10.4. The second-order valence-corrected chi connectivity index (χ2v) is 6.57. The monoisotopic (exact) mass is 357 g/mol. The molecule has 6 nitrogen and oxygen atoms in total. The standard InChI is InChI=1S/C20H23NO5/c1-23-14-5-6-18(24-2)15(9-14)16-4-3-7-21(16)11-13-8-19-20(10-17(13)22)26-12-25-19/h5-6,8-10,16,22H,3-4,7,11-12H2,1-2H3/t16-/m1/s1. The highest BCUT2D eigenvalue weighted by Crippen LogP contribution is 2.42. The van der Waals surface area contributed by atoms with Crippen molar-refractivity contribution in [2.24, 2.45) is 0 Å². The number of benzene rings is 2. The summed E-state index contributed by atoms with van der Waals surface area (Å²) in [4.78, 5) is 2.36. The molecular formula is C20H23NO5. The molecule has 1 saturated heterocycles. The van der Waals surface area contributed by atoms with E-state index < -0.39 is 0 Å². The number of ether oxygens (including phenoxy) is 4. The van der Waals surface area contributed by atoms with E-state index in [0.717, 1.165) is 42.0 Å². The molecule has 4 rings (SSSR count). The predicted octanol–water partition coefficient (Wildman–Crippen LogP) is 3.48. The van der Waals surface area contributed by atoms with Crippen LogP contribution >= 0.6 is 0 Å². The smallest absolute Gasteiger partial charge is 0.231 e. The zero-order chi connectivity index (χ0) is 18.1. The van der Waals surface area contributed by atoms with Gasteiger partial charge < -0.3 is 24.1 Å². The van der Waals surface area contributed by atoms with E-state index in [-0.39, 0.29) is 18.6 Å². The highest BCUT2D eigenvalue weighted by Gasteiger charge is 2.30. The van der Waals surface area contributed by atoms with E-state index in [4.69, 9.17) is 18.9 Å². The van der Waals surface area contributed by atoms with Gasteiger partial charge in [-0.3, -0.25) is 4.90 Å². The van der Waals surface area contributed by atoms with E-state index in [1.54, 1.807) is 20.3 Å². The van der Waals surface area contributed by atoms with Crippen LogP contribution in [0.4, 0.5) is 0 Å². The van der Waals surface area contributed by atoms with Gasteiger partial charge in [0.05, 0.1) is 14.2 Å². The third-order valence-corrected chi connectivity index (χ3v) is 5.11. The summed E-state index contributed by atoms with van der Waals surface area (Å²) in [6, 6.07) is 9.62. The predicted molar refractivity (Wildman–Crippen MR) is 96.2 cm³/mol. The van der Waals surface area contributed by atoms with Crippen LogP contribution < -0.4 is 18.9 Å². The molecule has 1 N–H and O–H groups in total. The summed E-state index contributed by atoms with van der Waals surface area (Å²) in [5.41, 5.74) is 1.95. The van der Waals surface area contributed by atoms with Gasteiger partial charge in [0.2, 0.25) is 6.79 Å². The third-order valence-electron chi connectivity index (χ3n) is 5.11. The van der Waals surface area contributed by atoms with Crippen molar-refractivity contribution in [3.63, 3.8) is 0 Å². The number of nitrogens with zero attached hydrogens (tertiary/aromatic N) is 1. The number of hydrogen-bond acceptors (Lipinski definition) is 6. The van der Waals surface area contributed by atoms with E-state index in [1.807, 2.05) is 24.3 Å². The minimum Gasteiger partial charge on any atom is -0.507 e. The first-order valence-electron chi connectivity index (χ1n) is 8.77. The average molecular weight is 357 g/mol. The lowest BCUT2D eigenvalue weighted by atomic mass is 10.0. The molecule has 2 heterocycles. The summed E-state index contributed by atoms with van der Waals surface area (Å²) in [5.74, 6) is 3.19. The molecule has 6 heteroatoms. The van der Waals surface area contributed by atoms with E-state index in [2.05, 4.69) is 4.90 Å². The summed E-state index contributed by atoms with van der Waals surface area (Å²) < 4.78 is 21.7. The minimum absolute atomic E-state index is 0.200. The van der Waals surface area contributed by atoms with Crippen LogP contribution in [0.3, 0.4) is 0 Å². The molecule has 2 aliphatic heterocycles. The molecule has 0 unspecified atom stereocenters. The number of rotatable bonds is 5. The molecule has 0 bridgehead atoms. The van der Waals surface area contributed by atoms with Gasteiger partial charge in [-0.05, 0) is 43.7 Å². The maximum absolute atomic E-state index is 10.4. The normalized spacial score (nSPS) is 18.9. The number of hydrogen-bond donors (Lipinski definition) is 1. The van der Waals surface area contributed by atoms with Crippen molar-refractivity contribution in [1.82, 2.24) is 4.90 Å². The Bertz CT molecular complexity index is 807. The summed E-state index contributed by atoms with van der Waals surface area (Å²) in [6.45, 7) is 1.79. The number of fused-ring (bicyclic) bond motifs is 1. The lowest BCUT2D eigenvalue weighted by Gasteiger charge is -2.27. The van der Waals surface area contributed by atoms with E-state index >= 15 is 0 Å². The molecule has 0 amide bonds. The number of aromatic hydroxyl groups is 1. The summed E-state index contributed by atoms with van der Waals surface area (Å²) in [7, 11) is 3.36. The summed E-state index contributed by atoms with van der Waals surface area (Å²) in [6.07, 6.45) is 2.13. The Hall–Kier alpha value is -2.60. The lowest BCUT2D eigenvalue weighted by Crippen LogP contribution is -2.23. The van der Waals surface area contributed by atoms with Gasteiger partial charge in [0.25, 0.3) is 0 Å². The molecule has 1 atom stereocenters. The average Bonchev–Trinajstić information content (AvgIpc) is 3.30. The largest absolute Gasteiger partial charge is 0.507 e. The Morgan fingerprint density at radius 1 is 1.12 bits per heavy atom. The maximum atomic E-state index is 10.4. The van der Waals surface area contributed by atoms with Crippen LogP contribution in [-0.2, 0) is 6.54 Å². The first-order valence-corrected chi connectivity index (χ1v) is 8.77. The van der Waals surface area contributed by atoms with Crippen LogP contribution in [0.2, 0.25) is 0 Å². The highest BCUT2D eigenvalue weighted by molar-refractivity contribution is 5.51. The van der Waals surface area contributed by atoms with Gasteiger partial charge in [-0.2, -0.15) is 0 Å². The molecule has 138 valence electrons. The van der Waals surface area contributed by atoms with Crippen molar-refractivity contribution in [2.75, 3.05) is 27.6 Å². The van der Waals surface area contributed by atoms with Gasteiger partial charge >= 0.3 is 0 Å². The van der Waals surface area contributed by atoms with Crippen molar-refractivity contribution >= 4 is 0 Å². The van der Waals surface area contributed by atoms with Crippen LogP contribution in [-0.4, -0.2) is 37.6 Å². The minimum atomic E-state index is 0.200. The van der Waals surface area contributed by atoms with Crippen LogP contribution in [0.25, 0.3) is 0 Å². The number of phenols is 1. The van der Waals surface area contributed by atoms with E-state index in [9.17, 15) is 5.11 Å². The maximum Gasteiger partial charge on any atom is 0.231 e. The molecule has 0 spiro atoms. The van der Waals surface area contributed by atoms with Crippen molar-refractivity contribution in [1.29, 1.82) is 0 Å². The van der Waals surface area contributed by atoms with Crippen molar-refractivity contribution < 1.29 is 24.1 Å². The molecule has 0 radical (unpaired) electrons. The Kier molecular flexibility index (Phi) is 4.51. The topological polar surface area (TPSA) is 60.4 Å². The molecule has 2 aromatic carbocycles. The Morgan fingerprint density at radius 3 is 2.69 bits per heavy atom. The number of phenolic OH excluding ortho intramolecular Hbond substituents is 1. The summed E-state index contributed by atoms with van der Waals surface area (Å²) >= 11 is 0. The van der Waals surface area contributed by atoms with Crippen molar-refractivity contribution in [3.8, 4) is 28.7 Å². The van der Waals surface area contributed by atoms with Gasteiger partial charge in [0.15, 0.2) is 11.5 Å². The first-order chi connectivity index (χ1) is 12.7. The van der Waals surface area contributed by atoms with Crippen molar-refractivity contribution in [2.45, 2.75) is 25.4 Å². The Morgan fingerprint density at radius 2 is 1.92 bits per heavy atom. The number of likely N-dealkylation sites (tertiary alicyclic amines) is 1. The zero-order valence-corrected chi connectivity index (χ0v) is 15.0. The van der Waals surface area contributed by atoms with Crippen LogP contribution in [0.1, 0.15) is 30.0 Å². The van der Waals surface area contributed by atoms with Gasteiger partial charge in [-0.15, -0.1) is 0 Å². The zero-order valence-electron chi connectivity index (χ0n) is 15.0. The molecule has 26 heavy (non-hydrogen) atoms. The lowest BCUT2D eigenvalue weighted by molar-refractivity contribution is 0.173.